The van der Waals surface area contributed by atoms with E-state index in [4.69, 9.17) is 4.74 Å². The number of hydrogen-bond donors (Lipinski definition) is 2. The van der Waals surface area contributed by atoms with Crippen LogP contribution in [0.5, 0.6) is 0 Å². The van der Waals surface area contributed by atoms with Gasteiger partial charge < -0.3 is 20.1 Å². The Balaban J connectivity index is 1.66. The monoisotopic (exact) mass is 580 g/mol. The normalized spacial score (nSPS) is 21.8. The molecule has 212 valence electrons. The maximum atomic E-state index is 13.3. The number of carbonyl (C=O) groups excluding carboxylic acids is 2. The average molecular weight is 581 g/mol. The van der Waals surface area contributed by atoms with Gasteiger partial charge in [-0.15, -0.1) is 0 Å². The van der Waals surface area contributed by atoms with Gasteiger partial charge in [-0.05, 0) is 42.3 Å². The van der Waals surface area contributed by atoms with E-state index in [0.29, 0.717) is 30.7 Å². The standard InChI is InChI=1S/C24H22F6N2O6S/c1-21(9-10-38-21)20(34)32-12-13-11-16(39(2,36)37)7-8-17(13)18(32)19(33)31-15-5-3-14(4-6-15)22(35,23(25,26)27)24(28,29)30/h3-8,11,18,35H,9-10,12H2,1-2H3,(H,31,33)/t18?,21-/m0/s1. The second kappa shape index (κ2) is 9.20. The van der Waals surface area contributed by atoms with Crippen LogP contribution in [-0.4, -0.2) is 61.1 Å². The number of benzene rings is 2. The first-order valence-corrected chi connectivity index (χ1v) is 13.2. The molecule has 2 N–H and O–H groups in total. The molecule has 2 heterocycles. The molecule has 2 amide bonds. The fourth-order valence-electron chi connectivity index (χ4n) is 4.51. The second-order valence-electron chi connectivity index (χ2n) is 9.57. The lowest BCUT2D eigenvalue weighted by Crippen LogP contribution is -2.55. The Hall–Kier alpha value is -3.17. The van der Waals surface area contributed by atoms with Gasteiger partial charge in [0, 0.05) is 30.5 Å². The fraction of sp³-hybridized carbons (Fsp3) is 0.417. The minimum Gasteiger partial charge on any atom is -0.369 e. The predicted molar refractivity (Wildman–Crippen MR) is 123 cm³/mol. The highest BCUT2D eigenvalue weighted by Gasteiger charge is 2.71. The molecule has 8 nitrogen and oxygen atoms in total. The number of rotatable bonds is 5. The van der Waals surface area contributed by atoms with Crippen LogP contribution >= 0.6 is 0 Å². The van der Waals surface area contributed by atoms with Gasteiger partial charge in [-0.1, -0.05) is 18.2 Å². The molecule has 4 rings (SSSR count). The van der Waals surface area contributed by atoms with Gasteiger partial charge in [0.15, 0.2) is 9.84 Å². The zero-order valence-corrected chi connectivity index (χ0v) is 21.2. The number of aliphatic hydroxyl groups is 1. The summed E-state index contributed by atoms with van der Waals surface area (Å²) in [7, 11) is -3.62. The third-order valence-electron chi connectivity index (χ3n) is 6.84. The van der Waals surface area contributed by atoms with Gasteiger partial charge >= 0.3 is 12.4 Å². The van der Waals surface area contributed by atoms with Crippen LogP contribution in [0.3, 0.4) is 0 Å². The molecule has 0 aromatic heterocycles. The van der Waals surface area contributed by atoms with Gasteiger partial charge in [-0.2, -0.15) is 26.3 Å². The van der Waals surface area contributed by atoms with E-state index in [1.807, 2.05) is 0 Å². The first kappa shape index (κ1) is 28.8. The van der Waals surface area contributed by atoms with Gasteiger partial charge in [0.25, 0.3) is 17.4 Å². The van der Waals surface area contributed by atoms with E-state index in [1.54, 1.807) is 0 Å². The van der Waals surface area contributed by atoms with Crippen LogP contribution in [-0.2, 0) is 36.3 Å². The number of nitrogens with zero attached hydrogens (tertiary/aromatic N) is 1. The van der Waals surface area contributed by atoms with Crippen molar-refractivity contribution in [2.24, 2.45) is 0 Å². The van der Waals surface area contributed by atoms with Gasteiger partial charge in [0.2, 0.25) is 0 Å². The molecule has 39 heavy (non-hydrogen) atoms. The maximum Gasteiger partial charge on any atom is 0.430 e. The number of alkyl halides is 6. The summed E-state index contributed by atoms with van der Waals surface area (Å²) in [5.74, 6) is -1.41. The van der Waals surface area contributed by atoms with Gasteiger partial charge in [-0.25, -0.2) is 8.42 Å². The van der Waals surface area contributed by atoms with Crippen molar-refractivity contribution >= 4 is 27.3 Å². The molecule has 2 aromatic carbocycles. The summed E-state index contributed by atoms with van der Waals surface area (Å²) in [4.78, 5) is 27.7. The van der Waals surface area contributed by atoms with Crippen molar-refractivity contribution in [1.82, 2.24) is 4.90 Å². The lowest BCUT2D eigenvalue weighted by Gasteiger charge is -2.41. The van der Waals surface area contributed by atoms with Gasteiger partial charge in [0.05, 0.1) is 11.5 Å². The van der Waals surface area contributed by atoms with Crippen LogP contribution in [0.1, 0.15) is 36.1 Å². The molecule has 0 spiro atoms. The summed E-state index contributed by atoms with van der Waals surface area (Å²) < 4.78 is 108. The van der Waals surface area contributed by atoms with E-state index < -0.39 is 56.8 Å². The molecule has 1 saturated heterocycles. The maximum absolute atomic E-state index is 13.3. The van der Waals surface area contributed by atoms with Gasteiger partial charge in [-0.3, -0.25) is 9.59 Å². The highest BCUT2D eigenvalue weighted by atomic mass is 32.2. The topological polar surface area (TPSA) is 113 Å². The zero-order valence-electron chi connectivity index (χ0n) is 20.4. The first-order chi connectivity index (χ1) is 17.8. The highest BCUT2D eigenvalue weighted by Crippen LogP contribution is 2.50. The van der Waals surface area contributed by atoms with Crippen LogP contribution in [0.4, 0.5) is 32.0 Å². The fourth-order valence-corrected chi connectivity index (χ4v) is 5.18. The largest absolute Gasteiger partial charge is 0.430 e. The Morgan fingerprint density at radius 2 is 1.62 bits per heavy atom. The number of carbonyl (C=O) groups is 2. The summed E-state index contributed by atoms with van der Waals surface area (Å²) in [5, 5.41) is 11.9. The second-order valence-corrected chi connectivity index (χ2v) is 11.6. The van der Waals surface area contributed by atoms with Crippen molar-refractivity contribution in [3.63, 3.8) is 0 Å². The minimum absolute atomic E-state index is 0.0433. The molecule has 1 unspecified atom stereocenters. The third-order valence-corrected chi connectivity index (χ3v) is 7.95. The number of anilines is 1. The number of ether oxygens (including phenoxy) is 1. The molecule has 2 aromatic rings. The Morgan fingerprint density at radius 3 is 2.08 bits per heavy atom. The molecular weight excluding hydrogens is 558 g/mol. The summed E-state index contributed by atoms with van der Waals surface area (Å²) in [6.07, 6.45) is -10.8. The predicted octanol–water partition coefficient (Wildman–Crippen LogP) is 3.60. The number of halogens is 6. The van der Waals surface area contributed by atoms with E-state index in [-0.39, 0.29) is 22.7 Å². The Bertz CT molecular complexity index is 1400. The smallest absolute Gasteiger partial charge is 0.369 e. The third kappa shape index (κ3) is 4.87. The molecule has 2 aliphatic rings. The van der Waals surface area contributed by atoms with Crippen molar-refractivity contribution in [3.05, 3.63) is 59.2 Å². The molecule has 15 heteroatoms. The summed E-state index contributed by atoms with van der Waals surface area (Å²) >= 11 is 0. The lowest BCUT2D eigenvalue weighted by molar-refractivity contribution is -0.376. The number of hydrogen-bond acceptors (Lipinski definition) is 6. The highest BCUT2D eigenvalue weighted by molar-refractivity contribution is 7.90. The molecular formula is C24H22F6N2O6S. The quantitative estimate of drug-likeness (QED) is 0.523. The van der Waals surface area contributed by atoms with Gasteiger partial charge in [0.1, 0.15) is 11.6 Å². The molecule has 1 fully saturated rings. The lowest BCUT2D eigenvalue weighted by atomic mass is 9.92. The van der Waals surface area contributed by atoms with E-state index >= 15 is 0 Å². The first-order valence-electron chi connectivity index (χ1n) is 11.3. The minimum atomic E-state index is -6.07. The molecule has 0 saturated carbocycles. The number of sulfone groups is 1. The van der Waals surface area contributed by atoms with Crippen LogP contribution in [0.15, 0.2) is 47.4 Å². The van der Waals surface area contributed by atoms with Crippen LogP contribution in [0.25, 0.3) is 0 Å². The van der Waals surface area contributed by atoms with Crippen LogP contribution in [0, 0.1) is 0 Å². The summed E-state index contributed by atoms with van der Waals surface area (Å²) in [6, 6.07) is 4.90. The molecule has 2 atom stereocenters. The van der Waals surface area contributed by atoms with Crippen molar-refractivity contribution < 1.29 is 54.2 Å². The Morgan fingerprint density at radius 1 is 1.05 bits per heavy atom. The number of amides is 2. The zero-order chi connectivity index (χ0) is 29.2. The number of nitrogens with one attached hydrogen (secondary N) is 1. The van der Waals surface area contributed by atoms with E-state index in [9.17, 15) is 49.5 Å². The molecule has 2 aliphatic heterocycles. The van der Waals surface area contributed by atoms with Crippen molar-refractivity contribution in [3.8, 4) is 0 Å². The van der Waals surface area contributed by atoms with E-state index in [2.05, 4.69) is 5.32 Å². The van der Waals surface area contributed by atoms with E-state index in [1.165, 1.54) is 30.0 Å². The summed E-state index contributed by atoms with van der Waals surface area (Å²) in [6.45, 7) is 1.70. The molecule has 0 aliphatic carbocycles. The van der Waals surface area contributed by atoms with Crippen molar-refractivity contribution in [2.45, 2.75) is 54.4 Å². The Labute approximate surface area is 218 Å². The van der Waals surface area contributed by atoms with Crippen LogP contribution < -0.4 is 5.32 Å². The van der Waals surface area contributed by atoms with Crippen molar-refractivity contribution in [2.75, 3.05) is 18.2 Å². The molecule has 0 bridgehead atoms. The molecule has 0 radical (unpaired) electrons. The SMILES string of the molecule is C[C@@]1(C(=O)N2Cc3cc(S(C)(=O)=O)ccc3C2C(=O)Nc2ccc(C(O)(C(F)(F)F)C(F)(F)F)cc2)CCO1. The van der Waals surface area contributed by atoms with E-state index in [0.717, 1.165) is 18.4 Å². The summed E-state index contributed by atoms with van der Waals surface area (Å²) in [5.41, 5.74) is -7.42. The van der Waals surface area contributed by atoms with Crippen molar-refractivity contribution in [1.29, 1.82) is 0 Å². The Kier molecular flexibility index (Phi) is 6.80. The average Bonchev–Trinajstić information content (AvgIpc) is 3.19. The van der Waals surface area contributed by atoms with Crippen LogP contribution in [0.2, 0.25) is 0 Å². The number of fused-ring (bicyclic) bond motifs is 1.